The van der Waals surface area contributed by atoms with Gasteiger partial charge in [-0.25, -0.2) is 14.0 Å². The second kappa shape index (κ2) is 8.21. The van der Waals surface area contributed by atoms with E-state index in [1.807, 2.05) is 0 Å². The molecule has 0 saturated carbocycles. The summed E-state index contributed by atoms with van der Waals surface area (Å²) in [6.07, 6.45) is -0.376. The summed E-state index contributed by atoms with van der Waals surface area (Å²) in [5.74, 6) is -0.0969. The predicted molar refractivity (Wildman–Crippen MR) is 110 cm³/mol. The number of rotatable bonds is 3. The lowest BCUT2D eigenvalue weighted by atomic mass is 10.0. The Balaban J connectivity index is 1.49. The summed E-state index contributed by atoms with van der Waals surface area (Å²) < 4.78 is 18.0. The minimum Gasteiger partial charge on any atom is -0.453 e. The molecule has 1 N–H and O–H groups in total. The van der Waals surface area contributed by atoms with Gasteiger partial charge in [0.05, 0.1) is 12.0 Å². The van der Waals surface area contributed by atoms with Crippen LogP contribution >= 0.6 is 0 Å². The normalized spacial score (nSPS) is 19.8. The first kappa shape index (κ1) is 20.6. The van der Waals surface area contributed by atoms with Crippen molar-refractivity contribution in [3.63, 3.8) is 0 Å². The maximum atomic E-state index is 13.2. The van der Waals surface area contributed by atoms with Crippen LogP contribution in [-0.2, 0) is 4.74 Å². The number of urea groups is 1. The Labute approximate surface area is 177 Å². The van der Waals surface area contributed by atoms with Gasteiger partial charge in [-0.15, -0.1) is 0 Å². The lowest BCUT2D eigenvalue weighted by Crippen LogP contribution is -2.37. The van der Waals surface area contributed by atoms with Gasteiger partial charge in [-0.1, -0.05) is 12.1 Å². The summed E-state index contributed by atoms with van der Waals surface area (Å²) in [6, 6.07) is 9.69. The van der Waals surface area contributed by atoms with E-state index in [-0.39, 0.29) is 35.1 Å². The van der Waals surface area contributed by atoms with Gasteiger partial charge in [-0.2, -0.15) is 0 Å². The largest absolute Gasteiger partial charge is 0.453 e. The van der Waals surface area contributed by atoms with E-state index in [1.54, 1.807) is 28.0 Å². The third kappa shape index (κ3) is 4.14. The van der Waals surface area contributed by atoms with E-state index in [0.29, 0.717) is 37.3 Å². The van der Waals surface area contributed by atoms with Crippen molar-refractivity contribution in [2.24, 2.45) is 11.8 Å². The van der Waals surface area contributed by atoms with E-state index in [2.05, 4.69) is 5.32 Å². The van der Waals surface area contributed by atoms with Gasteiger partial charge in [-0.3, -0.25) is 10.1 Å². The van der Waals surface area contributed by atoms with Crippen LogP contribution in [0, 0.1) is 27.8 Å². The molecule has 9 nitrogen and oxygen atoms in total. The molecule has 0 radical (unpaired) electrons. The Kier molecular flexibility index (Phi) is 5.45. The van der Waals surface area contributed by atoms with Gasteiger partial charge in [0.2, 0.25) is 0 Å². The van der Waals surface area contributed by atoms with Crippen molar-refractivity contribution in [3.05, 3.63) is 58.4 Å². The minimum absolute atomic E-state index is 0.0741. The van der Waals surface area contributed by atoms with E-state index in [9.17, 15) is 24.1 Å². The third-order valence-corrected chi connectivity index (χ3v) is 5.82. The van der Waals surface area contributed by atoms with Crippen LogP contribution in [-0.4, -0.2) is 60.1 Å². The maximum Gasteiger partial charge on any atom is 0.409 e. The van der Waals surface area contributed by atoms with Crippen LogP contribution in [0.4, 0.5) is 25.4 Å². The number of benzene rings is 2. The molecule has 2 atom stereocenters. The van der Waals surface area contributed by atoms with E-state index in [1.165, 1.54) is 31.4 Å². The summed E-state index contributed by atoms with van der Waals surface area (Å²) >= 11 is 0. The van der Waals surface area contributed by atoms with Gasteiger partial charge in [0.15, 0.2) is 0 Å². The van der Waals surface area contributed by atoms with E-state index in [4.69, 9.17) is 4.74 Å². The molecule has 2 aliphatic rings. The Morgan fingerprint density at radius 3 is 2.19 bits per heavy atom. The van der Waals surface area contributed by atoms with Crippen molar-refractivity contribution >= 4 is 23.5 Å². The van der Waals surface area contributed by atoms with Crippen molar-refractivity contribution < 1.29 is 23.6 Å². The molecule has 2 unspecified atom stereocenters. The van der Waals surface area contributed by atoms with E-state index >= 15 is 0 Å². The molecular weight excluding hydrogens is 407 g/mol. The van der Waals surface area contributed by atoms with Crippen LogP contribution in [0.2, 0.25) is 0 Å². The lowest BCUT2D eigenvalue weighted by Gasteiger charge is -2.21. The number of nitro groups is 1. The van der Waals surface area contributed by atoms with Crippen molar-refractivity contribution in [2.75, 3.05) is 38.6 Å². The average molecular weight is 428 g/mol. The smallest absolute Gasteiger partial charge is 0.409 e. The summed E-state index contributed by atoms with van der Waals surface area (Å²) in [4.78, 5) is 38.6. The maximum absolute atomic E-state index is 13.2. The number of nitro benzene ring substituents is 1. The topological polar surface area (TPSA) is 105 Å². The van der Waals surface area contributed by atoms with Crippen LogP contribution in [0.25, 0.3) is 11.1 Å². The van der Waals surface area contributed by atoms with Gasteiger partial charge in [0.25, 0.3) is 5.69 Å². The fourth-order valence-electron chi connectivity index (χ4n) is 4.25. The highest BCUT2D eigenvalue weighted by molar-refractivity contribution is 5.93. The average Bonchev–Trinajstić information content (AvgIpc) is 3.33. The second-order valence-electron chi connectivity index (χ2n) is 7.73. The number of likely N-dealkylation sites (tertiary alicyclic amines) is 2. The number of carbonyl (C=O) groups is 2. The number of carbonyl (C=O) groups excluding carboxylic acids is 2. The number of hydrogen-bond donors (Lipinski definition) is 1. The third-order valence-electron chi connectivity index (χ3n) is 5.82. The molecule has 2 saturated heterocycles. The zero-order valence-electron chi connectivity index (χ0n) is 16.8. The molecule has 2 aromatic rings. The fourth-order valence-corrected chi connectivity index (χ4v) is 4.25. The zero-order chi connectivity index (χ0) is 22.1. The van der Waals surface area contributed by atoms with E-state index in [0.717, 1.165) is 0 Å². The van der Waals surface area contributed by atoms with Crippen molar-refractivity contribution in [2.45, 2.75) is 0 Å². The number of hydrogen-bond acceptors (Lipinski definition) is 5. The number of halogens is 1. The monoisotopic (exact) mass is 428 g/mol. The minimum atomic E-state index is -0.559. The quantitative estimate of drug-likeness (QED) is 0.595. The van der Waals surface area contributed by atoms with Crippen LogP contribution < -0.4 is 5.32 Å². The first-order valence-electron chi connectivity index (χ1n) is 9.79. The number of nitrogens with one attached hydrogen (secondary N) is 1. The highest BCUT2D eigenvalue weighted by atomic mass is 19.1. The Hall–Kier alpha value is -3.69. The highest BCUT2D eigenvalue weighted by Gasteiger charge is 2.43. The molecular formula is C21H21FN4O5. The highest BCUT2D eigenvalue weighted by Crippen LogP contribution is 2.34. The Morgan fingerprint density at radius 1 is 1.03 bits per heavy atom. The molecule has 0 spiro atoms. The first-order chi connectivity index (χ1) is 14.9. The molecule has 0 aliphatic carbocycles. The molecule has 0 aromatic heterocycles. The van der Waals surface area contributed by atoms with Crippen LogP contribution in [0.1, 0.15) is 0 Å². The van der Waals surface area contributed by atoms with Gasteiger partial charge in [0, 0.05) is 44.1 Å². The van der Waals surface area contributed by atoms with Crippen molar-refractivity contribution in [3.8, 4) is 11.1 Å². The molecule has 4 rings (SSSR count). The Morgan fingerprint density at radius 2 is 1.61 bits per heavy atom. The number of methoxy groups -OCH3 is 1. The summed E-state index contributed by atoms with van der Waals surface area (Å²) in [5.41, 5.74) is 1.14. The molecule has 2 fully saturated rings. The predicted octanol–water partition coefficient (Wildman–Crippen LogP) is 3.56. The standard InChI is InChI=1S/C21H21FN4O5/c1-31-21(28)25-11-15-9-24(10-16(15)12-25)20(27)23-18-8-14(4-7-19(18)26(29)30)13-2-5-17(22)6-3-13/h2-8,15-16H,9-12H2,1H3,(H,23,27). The van der Waals surface area contributed by atoms with Crippen LogP contribution in [0.15, 0.2) is 42.5 Å². The fraction of sp³-hybridized carbons (Fsp3) is 0.333. The van der Waals surface area contributed by atoms with Crippen LogP contribution in [0.5, 0.6) is 0 Å². The van der Waals surface area contributed by atoms with Crippen molar-refractivity contribution in [1.29, 1.82) is 0 Å². The Bertz CT molecular complexity index is 1010. The number of amides is 3. The SMILES string of the molecule is COC(=O)N1CC2CN(C(=O)Nc3cc(-c4ccc(F)cc4)ccc3[N+](=O)[O-])CC2C1. The van der Waals surface area contributed by atoms with Crippen LogP contribution in [0.3, 0.4) is 0 Å². The molecule has 10 heteroatoms. The molecule has 2 aliphatic heterocycles. The van der Waals surface area contributed by atoms with Gasteiger partial charge < -0.3 is 19.9 Å². The summed E-state index contributed by atoms with van der Waals surface area (Å²) in [5, 5.41) is 14.1. The molecule has 0 bridgehead atoms. The molecule has 2 aromatic carbocycles. The molecule has 2 heterocycles. The molecule has 162 valence electrons. The van der Waals surface area contributed by atoms with Crippen molar-refractivity contribution in [1.82, 2.24) is 9.80 Å². The first-order valence-corrected chi connectivity index (χ1v) is 9.79. The van der Waals surface area contributed by atoms with Gasteiger partial charge in [0.1, 0.15) is 11.5 Å². The second-order valence-corrected chi connectivity index (χ2v) is 7.73. The number of ether oxygens (including phenoxy) is 1. The number of anilines is 1. The summed E-state index contributed by atoms with van der Waals surface area (Å²) in [7, 11) is 1.34. The molecule has 3 amide bonds. The lowest BCUT2D eigenvalue weighted by molar-refractivity contribution is -0.383. The zero-order valence-corrected chi connectivity index (χ0v) is 16.8. The summed E-state index contributed by atoms with van der Waals surface area (Å²) in [6.45, 7) is 1.94. The molecule has 31 heavy (non-hydrogen) atoms. The van der Waals surface area contributed by atoms with Gasteiger partial charge in [-0.05, 0) is 35.4 Å². The number of nitrogens with zero attached hydrogens (tertiary/aromatic N) is 3. The van der Waals surface area contributed by atoms with Gasteiger partial charge >= 0.3 is 12.1 Å². The number of fused-ring (bicyclic) bond motifs is 1. The van der Waals surface area contributed by atoms with E-state index < -0.39 is 11.0 Å².